The van der Waals surface area contributed by atoms with Gasteiger partial charge in [0.15, 0.2) is 0 Å². The second kappa shape index (κ2) is 3.70. The molecule has 1 aliphatic heterocycles. The van der Waals surface area contributed by atoms with Crippen LogP contribution in [0.15, 0.2) is 0 Å². The lowest BCUT2D eigenvalue weighted by atomic mass is 10.0. The zero-order valence-corrected chi connectivity index (χ0v) is 8.80. The van der Waals surface area contributed by atoms with Gasteiger partial charge in [-0.15, -0.1) is 0 Å². The Morgan fingerprint density at radius 1 is 1.40 bits per heavy atom. The van der Waals surface area contributed by atoms with Crippen molar-refractivity contribution in [2.45, 2.75) is 31.2 Å². The number of hydrogen-bond acceptors (Lipinski definition) is 2. The maximum Gasteiger partial charge on any atom is 0.260 e. The van der Waals surface area contributed by atoms with Gasteiger partial charge in [-0.3, -0.25) is 4.79 Å². The Kier molecular flexibility index (Phi) is 2.66. The van der Waals surface area contributed by atoms with Gasteiger partial charge in [-0.2, -0.15) is 0 Å². The predicted molar refractivity (Wildman–Crippen MR) is 51.7 cm³/mol. The van der Waals surface area contributed by atoms with E-state index in [-0.39, 0.29) is 12.3 Å². The van der Waals surface area contributed by atoms with Gasteiger partial charge in [0.2, 0.25) is 5.91 Å². The average Bonchev–Trinajstić information content (AvgIpc) is 2.87. The van der Waals surface area contributed by atoms with Crippen molar-refractivity contribution in [2.75, 3.05) is 20.1 Å². The molecule has 1 atom stereocenters. The Morgan fingerprint density at radius 2 is 1.93 bits per heavy atom. The minimum absolute atomic E-state index is 0.252. The molecular formula is C10H16F2N2O. The molecule has 0 aromatic rings. The summed E-state index contributed by atoms with van der Waals surface area (Å²) < 4.78 is 25.4. The zero-order valence-electron chi connectivity index (χ0n) is 8.80. The van der Waals surface area contributed by atoms with Crippen LogP contribution in [0.5, 0.6) is 0 Å². The molecule has 2 aliphatic rings. The first-order chi connectivity index (χ1) is 7.04. The number of halogens is 2. The van der Waals surface area contributed by atoms with Gasteiger partial charge in [0.05, 0.1) is 0 Å². The molecule has 0 spiro atoms. The van der Waals surface area contributed by atoms with Gasteiger partial charge in [0, 0.05) is 25.6 Å². The highest BCUT2D eigenvalue weighted by Gasteiger charge is 2.62. The Bertz CT molecular complexity index is 262. The van der Waals surface area contributed by atoms with Gasteiger partial charge < -0.3 is 10.2 Å². The number of nitrogens with zero attached hydrogens (tertiary/aromatic N) is 1. The summed E-state index contributed by atoms with van der Waals surface area (Å²) in [5.41, 5.74) is 0. The third kappa shape index (κ3) is 2.12. The van der Waals surface area contributed by atoms with Crippen molar-refractivity contribution in [3.63, 3.8) is 0 Å². The largest absolute Gasteiger partial charge is 0.342 e. The van der Waals surface area contributed by atoms with Crippen molar-refractivity contribution in [3.05, 3.63) is 0 Å². The summed E-state index contributed by atoms with van der Waals surface area (Å²) in [5.74, 6) is -4.10. The third-order valence-electron chi connectivity index (χ3n) is 3.34. The lowest BCUT2D eigenvalue weighted by Crippen LogP contribution is -2.45. The molecule has 0 bridgehead atoms. The van der Waals surface area contributed by atoms with Gasteiger partial charge in [0.25, 0.3) is 5.92 Å². The van der Waals surface area contributed by atoms with E-state index < -0.39 is 11.8 Å². The van der Waals surface area contributed by atoms with Gasteiger partial charge >= 0.3 is 0 Å². The van der Waals surface area contributed by atoms with Crippen LogP contribution in [0.25, 0.3) is 0 Å². The molecule has 0 radical (unpaired) electrons. The first-order valence-corrected chi connectivity index (χ1v) is 5.38. The summed E-state index contributed by atoms with van der Waals surface area (Å²) in [6.07, 6.45) is 1.47. The second-order valence-electron chi connectivity index (χ2n) is 4.41. The molecule has 3 nitrogen and oxygen atoms in total. The minimum atomic E-state index is -2.73. The number of carbonyl (C=O) groups excluding carboxylic acids is 1. The standard InChI is InChI=1S/C10H16F2N2O/c1-13-7-2-4-14(5-3-7)9(15)8-6-10(8,11)12/h7-8,13H,2-6H2,1H3. The van der Waals surface area contributed by atoms with Crippen molar-refractivity contribution in [3.8, 4) is 0 Å². The summed E-state index contributed by atoms with van der Waals surface area (Å²) in [6.45, 7) is 1.22. The van der Waals surface area contributed by atoms with E-state index in [1.54, 1.807) is 4.90 Å². The van der Waals surface area contributed by atoms with E-state index in [9.17, 15) is 13.6 Å². The van der Waals surface area contributed by atoms with Crippen molar-refractivity contribution in [1.82, 2.24) is 10.2 Å². The van der Waals surface area contributed by atoms with Gasteiger partial charge in [-0.25, -0.2) is 8.78 Å². The van der Waals surface area contributed by atoms with E-state index in [1.165, 1.54) is 0 Å². The topological polar surface area (TPSA) is 32.3 Å². The van der Waals surface area contributed by atoms with Crippen LogP contribution in [-0.4, -0.2) is 42.9 Å². The molecule has 1 unspecified atom stereocenters. The highest BCUT2D eigenvalue weighted by atomic mass is 19.3. The lowest BCUT2D eigenvalue weighted by Gasteiger charge is -2.31. The van der Waals surface area contributed by atoms with Crippen LogP contribution in [0.2, 0.25) is 0 Å². The Labute approximate surface area is 87.8 Å². The zero-order chi connectivity index (χ0) is 11.1. The fourth-order valence-corrected chi connectivity index (χ4v) is 2.09. The quantitative estimate of drug-likeness (QED) is 0.745. The van der Waals surface area contributed by atoms with E-state index in [4.69, 9.17) is 0 Å². The fraction of sp³-hybridized carbons (Fsp3) is 0.900. The highest BCUT2D eigenvalue weighted by molar-refractivity contribution is 5.83. The number of carbonyl (C=O) groups is 1. The maximum atomic E-state index is 12.7. The summed E-state index contributed by atoms with van der Waals surface area (Å²) in [5, 5.41) is 3.14. The molecule has 15 heavy (non-hydrogen) atoms. The molecule has 5 heteroatoms. The molecule has 0 aromatic heterocycles. The number of nitrogens with one attached hydrogen (secondary N) is 1. The molecule has 2 fully saturated rings. The van der Waals surface area contributed by atoms with E-state index in [1.807, 2.05) is 7.05 Å². The van der Waals surface area contributed by atoms with Crippen molar-refractivity contribution >= 4 is 5.91 Å². The van der Waals surface area contributed by atoms with Crippen LogP contribution in [0.4, 0.5) is 8.78 Å². The molecule has 0 aromatic carbocycles. The van der Waals surface area contributed by atoms with Crippen LogP contribution in [-0.2, 0) is 4.79 Å². The molecule has 1 saturated heterocycles. The summed E-state index contributed by atoms with van der Waals surface area (Å²) in [6, 6.07) is 0.425. The maximum absolute atomic E-state index is 12.7. The molecule has 1 heterocycles. The number of alkyl halides is 2. The first-order valence-electron chi connectivity index (χ1n) is 5.38. The summed E-state index contributed by atoms with van der Waals surface area (Å²) in [4.78, 5) is 13.2. The Morgan fingerprint density at radius 3 is 2.33 bits per heavy atom. The predicted octanol–water partition coefficient (Wildman–Crippen LogP) is 0.852. The van der Waals surface area contributed by atoms with Crippen molar-refractivity contribution in [2.24, 2.45) is 5.92 Å². The van der Waals surface area contributed by atoms with Crippen molar-refractivity contribution < 1.29 is 13.6 Å². The number of hydrogen-bond donors (Lipinski definition) is 1. The summed E-state index contributed by atoms with van der Waals surface area (Å²) in [7, 11) is 1.89. The molecule has 1 aliphatic carbocycles. The number of likely N-dealkylation sites (tertiary alicyclic amines) is 1. The van der Waals surface area contributed by atoms with Gasteiger partial charge in [-0.05, 0) is 19.9 Å². The van der Waals surface area contributed by atoms with E-state index >= 15 is 0 Å². The minimum Gasteiger partial charge on any atom is -0.342 e. The lowest BCUT2D eigenvalue weighted by molar-refractivity contribution is -0.135. The molecule has 1 N–H and O–H groups in total. The van der Waals surface area contributed by atoms with Gasteiger partial charge in [0.1, 0.15) is 5.92 Å². The van der Waals surface area contributed by atoms with E-state index in [0.29, 0.717) is 19.1 Å². The van der Waals surface area contributed by atoms with E-state index in [0.717, 1.165) is 12.8 Å². The normalized spacial score (nSPS) is 30.3. The SMILES string of the molecule is CNC1CCN(C(=O)C2CC2(F)F)CC1. The number of amides is 1. The fourth-order valence-electron chi connectivity index (χ4n) is 2.09. The van der Waals surface area contributed by atoms with Gasteiger partial charge in [-0.1, -0.05) is 0 Å². The number of piperidine rings is 1. The van der Waals surface area contributed by atoms with E-state index in [2.05, 4.69) is 5.32 Å². The summed E-state index contributed by atoms with van der Waals surface area (Å²) >= 11 is 0. The highest BCUT2D eigenvalue weighted by Crippen LogP contribution is 2.49. The Balaban J connectivity index is 1.84. The smallest absolute Gasteiger partial charge is 0.260 e. The van der Waals surface area contributed by atoms with Crippen LogP contribution in [0.1, 0.15) is 19.3 Å². The van der Waals surface area contributed by atoms with Crippen LogP contribution >= 0.6 is 0 Å². The second-order valence-corrected chi connectivity index (χ2v) is 4.41. The third-order valence-corrected chi connectivity index (χ3v) is 3.34. The molecule has 86 valence electrons. The van der Waals surface area contributed by atoms with Crippen LogP contribution in [0.3, 0.4) is 0 Å². The first kappa shape index (κ1) is 10.8. The van der Waals surface area contributed by atoms with Crippen LogP contribution in [0, 0.1) is 5.92 Å². The monoisotopic (exact) mass is 218 g/mol. The molecule has 2 rings (SSSR count). The molecular weight excluding hydrogens is 202 g/mol. The average molecular weight is 218 g/mol. The van der Waals surface area contributed by atoms with Crippen LogP contribution < -0.4 is 5.32 Å². The molecule has 1 amide bonds. The molecule has 1 saturated carbocycles. The van der Waals surface area contributed by atoms with Crippen molar-refractivity contribution in [1.29, 1.82) is 0 Å². The number of rotatable bonds is 2. The Hall–Kier alpha value is -0.710.